The Morgan fingerprint density at radius 2 is 1.55 bits per heavy atom. The van der Waals surface area contributed by atoms with Gasteiger partial charge in [-0.2, -0.15) is 0 Å². The van der Waals surface area contributed by atoms with Gasteiger partial charge in [-0.05, 0) is 54.0 Å². The van der Waals surface area contributed by atoms with Crippen molar-refractivity contribution in [3.05, 3.63) is 142 Å². The molecule has 194 valence electrons. The Hall–Kier alpha value is -5.49. The van der Waals surface area contributed by atoms with Gasteiger partial charge in [0.15, 0.2) is 5.76 Å². The Morgan fingerprint density at radius 1 is 0.800 bits per heavy atom. The molecular weight excluding hydrogens is 504 g/mol. The van der Waals surface area contributed by atoms with E-state index in [1.165, 1.54) is 18.2 Å². The molecule has 0 unspecified atom stereocenters. The summed E-state index contributed by atoms with van der Waals surface area (Å²) >= 11 is 0. The normalized spacial score (nSPS) is 11.3. The highest BCUT2D eigenvalue weighted by molar-refractivity contribution is 6.20. The van der Waals surface area contributed by atoms with Crippen molar-refractivity contribution in [2.45, 2.75) is 6.92 Å². The molecule has 2 heterocycles. The minimum atomic E-state index is -0.570. The minimum Gasteiger partial charge on any atom is -0.452 e. The fourth-order valence-electron chi connectivity index (χ4n) is 4.71. The van der Waals surface area contributed by atoms with Crippen LogP contribution in [0.15, 0.2) is 123 Å². The summed E-state index contributed by atoms with van der Waals surface area (Å²) < 4.78 is 17.2. The molecule has 0 aliphatic heterocycles. The van der Waals surface area contributed by atoms with E-state index < -0.39 is 17.4 Å². The zero-order valence-corrected chi connectivity index (χ0v) is 21.4. The molecule has 6 rings (SSSR count). The summed E-state index contributed by atoms with van der Waals surface area (Å²) in [4.78, 5) is 38.6. The van der Waals surface area contributed by atoms with Crippen molar-refractivity contribution in [3.63, 3.8) is 0 Å². The first-order valence-electron chi connectivity index (χ1n) is 12.6. The molecule has 0 bridgehead atoms. The number of fused-ring (bicyclic) bond motifs is 3. The molecule has 40 heavy (non-hydrogen) atoms. The van der Waals surface area contributed by atoms with E-state index in [0.29, 0.717) is 22.1 Å². The van der Waals surface area contributed by atoms with Gasteiger partial charge in [-0.3, -0.25) is 4.79 Å². The van der Waals surface area contributed by atoms with E-state index in [4.69, 9.17) is 13.6 Å². The largest absolute Gasteiger partial charge is 0.452 e. The lowest BCUT2D eigenvalue weighted by atomic mass is 9.96. The van der Waals surface area contributed by atoms with Gasteiger partial charge in [0, 0.05) is 28.7 Å². The lowest BCUT2D eigenvalue weighted by molar-refractivity contribution is -0.128. The summed E-state index contributed by atoms with van der Waals surface area (Å²) in [5.74, 6) is -0.668. The second-order valence-electron chi connectivity index (χ2n) is 9.26. The number of benzene rings is 4. The maximum atomic E-state index is 13.9. The molecule has 2 aromatic heterocycles. The van der Waals surface area contributed by atoms with E-state index in [-0.39, 0.29) is 17.1 Å². The molecule has 0 N–H and O–H groups in total. The maximum absolute atomic E-state index is 13.9. The first-order chi connectivity index (χ1) is 19.5. The summed E-state index contributed by atoms with van der Waals surface area (Å²) in [6.45, 7) is 1.83. The van der Waals surface area contributed by atoms with Crippen LogP contribution < -0.4 is 10.4 Å². The summed E-state index contributed by atoms with van der Waals surface area (Å²) in [6, 6.07) is 30.1. The molecule has 0 aliphatic rings. The summed E-state index contributed by atoms with van der Waals surface area (Å²) in [7, 11) is 0. The Balaban J connectivity index is 1.42. The Morgan fingerprint density at radius 3 is 2.33 bits per heavy atom. The van der Waals surface area contributed by atoms with E-state index in [2.05, 4.69) is 0 Å². The SMILES string of the molecule is Cc1cc(=O)oc2c1ccc1oc(C(=O)c3cccc(OC(=O)C=Cc4ccccc4)c3)c(-c3ccccc3)c12. The molecule has 6 heteroatoms. The summed E-state index contributed by atoms with van der Waals surface area (Å²) in [6.07, 6.45) is 2.99. The van der Waals surface area contributed by atoms with Gasteiger partial charge >= 0.3 is 11.6 Å². The van der Waals surface area contributed by atoms with Gasteiger partial charge in [0.2, 0.25) is 5.78 Å². The first-order valence-corrected chi connectivity index (χ1v) is 12.6. The molecule has 4 aromatic carbocycles. The van der Waals surface area contributed by atoms with Gasteiger partial charge in [0.25, 0.3) is 0 Å². The van der Waals surface area contributed by atoms with E-state index in [1.807, 2.05) is 73.7 Å². The van der Waals surface area contributed by atoms with E-state index in [1.54, 1.807) is 30.3 Å². The quantitative estimate of drug-likeness (QED) is 0.0741. The van der Waals surface area contributed by atoms with Crippen LogP contribution in [-0.2, 0) is 4.79 Å². The van der Waals surface area contributed by atoms with Crippen molar-refractivity contribution in [2.24, 2.45) is 0 Å². The molecule has 0 amide bonds. The van der Waals surface area contributed by atoms with Crippen LogP contribution in [0.25, 0.3) is 39.1 Å². The highest BCUT2D eigenvalue weighted by atomic mass is 16.5. The predicted molar refractivity (Wildman–Crippen MR) is 153 cm³/mol. The topological polar surface area (TPSA) is 86.7 Å². The van der Waals surface area contributed by atoms with Crippen LogP contribution in [0.1, 0.15) is 27.2 Å². The molecule has 6 nitrogen and oxygen atoms in total. The highest BCUT2D eigenvalue weighted by Crippen LogP contribution is 2.40. The second kappa shape index (κ2) is 10.3. The lowest BCUT2D eigenvalue weighted by Gasteiger charge is -2.07. The number of aryl methyl sites for hydroxylation is 1. The zero-order valence-electron chi connectivity index (χ0n) is 21.4. The van der Waals surface area contributed by atoms with Crippen LogP contribution in [0.2, 0.25) is 0 Å². The van der Waals surface area contributed by atoms with Crippen molar-refractivity contribution in [2.75, 3.05) is 0 Å². The smallest absolute Gasteiger partial charge is 0.336 e. The first kappa shape index (κ1) is 24.8. The number of ketones is 1. The van der Waals surface area contributed by atoms with Crippen molar-refractivity contribution < 1.29 is 23.2 Å². The van der Waals surface area contributed by atoms with Gasteiger partial charge in [-0.25, -0.2) is 9.59 Å². The predicted octanol–water partition coefficient (Wildman–Crippen LogP) is 7.36. The van der Waals surface area contributed by atoms with Crippen LogP contribution >= 0.6 is 0 Å². The molecular formula is C34H22O6. The standard InChI is InChI=1S/C34H22O6/c1-21-19-29(36)40-33-26(21)16-17-27-31(33)30(23-11-6-3-7-12-23)34(39-27)32(37)24-13-8-14-25(20-24)38-28(35)18-15-22-9-4-2-5-10-22/h2-20H,1H3. The average molecular weight is 527 g/mol. The molecule has 0 aliphatic carbocycles. The van der Waals surface area contributed by atoms with Gasteiger partial charge in [0.1, 0.15) is 16.9 Å². The molecule has 0 radical (unpaired) electrons. The van der Waals surface area contributed by atoms with Crippen molar-refractivity contribution in [1.29, 1.82) is 0 Å². The number of furan rings is 1. The second-order valence-corrected chi connectivity index (χ2v) is 9.26. The van der Waals surface area contributed by atoms with Gasteiger partial charge < -0.3 is 13.6 Å². The summed E-state index contributed by atoms with van der Waals surface area (Å²) in [5.41, 5.74) is 3.44. The number of carbonyl (C=O) groups is 2. The number of hydrogen-bond donors (Lipinski definition) is 0. The van der Waals surface area contributed by atoms with Crippen molar-refractivity contribution >= 4 is 39.8 Å². The van der Waals surface area contributed by atoms with Crippen LogP contribution in [0.3, 0.4) is 0 Å². The average Bonchev–Trinajstić information content (AvgIpc) is 3.37. The Bertz CT molecular complexity index is 1980. The van der Waals surface area contributed by atoms with E-state index >= 15 is 0 Å². The third-order valence-electron chi connectivity index (χ3n) is 6.57. The summed E-state index contributed by atoms with van der Waals surface area (Å²) in [5, 5.41) is 1.29. The molecule has 0 saturated heterocycles. The third-order valence-corrected chi connectivity index (χ3v) is 6.57. The van der Waals surface area contributed by atoms with Crippen LogP contribution in [0, 0.1) is 6.92 Å². The molecule has 6 aromatic rings. The van der Waals surface area contributed by atoms with E-state index in [9.17, 15) is 14.4 Å². The Labute approximate surface area is 228 Å². The van der Waals surface area contributed by atoms with Crippen LogP contribution in [-0.4, -0.2) is 11.8 Å². The zero-order chi connectivity index (χ0) is 27.6. The van der Waals surface area contributed by atoms with E-state index in [0.717, 1.165) is 22.1 Å². The molecule has 0 spiro atoms. The number of esters is 1. The Kier molecular flexibility index (Phi) is 6.42. The fourth-order valence-corrected chi connectivity index (χ4v) is 4.71. The minimum absolute atomic E-state index is 0.0882. The van der Waals surface area contributed by atoms with Gasteiger partial charge in [-0.15, -0.1) is 0 Å². The number of hydrogen-bond acceptors (Lipinski definition) is 6. The number of ether oxygens (including phenoxy) is 1. The molecule has 0 fully saturated rings. The maximum Gasteiger partial charge on any atom is 0.336 e. The molecule has 0 atom stereocenters. The van der Waals surface area contributed by atoms with Crippen molar-refractivity contribution in [1.82, 2.24) is 0 Å². The number of rotatable bonds is 6. The lowest BCUT2D eigenvalue weighted by Crippen LogP contribution is -2.06. The van der Waals surface area contributed by atoms with Crippen molar-refractivity contribution in [3.8, 4) is 16.9 Å². The highest BCUT2D eigenvalue weighted by Gasteiger charge is 2.26. The van der Waals surface area contributed by atoms with Crippen LogP contribution in [0.4, 0.5) is 0 Å². The number of carbonyl (C=O) groups excluding carboxylic acids is 2. The van der Waals surface area contributed by atoms with Gasteiger partial charge in [0.05, 0.1) is 5.39 Å². The fraction of sp³-hybridized carbons (Fsp3) is 0.0294. The van der Waals surface area contributed by atoms with Gasteiger partial charge in [-0.1, -0.05) is 72.8 Å². The van der Waals surface area contributed by atoms with Crippen LogP contribution in [0.5, 0.6) is 5.75 Å². The third kappa shape index (κ3) is 4.74. The monoisotopic (exact) mass is 526 g/mol. The molecule has 0 saturated carbocycles.